The van der Waals surface area contributed by atoms with E-state index in [-0.39, 0.29) is 52.9 Å². The molecule has 0 radical (unpaired) electrons. The first-order valence-electron chi connectivity index (χ1n) is 6.95. The number of Topliss-reactive ketones (excluding diaryl/α,β-unsaturated/α-hetero) is 2. The van der Waals surface area contributed by atoms with Crippen LogP contribution in [0.3, 0.4) is 0 Å². The van der Waals surface area contributed by atoms with Crippen molar-refractivity contribution in [2.24, 2.45) is 0 Å². The summed E-state index contributed by atoms with van der Waals surface area (Å²) in [4.78, 5) is 41.1. The standard InChI is InChI=1S/2C6H9O3.C3H6O2.Ti/c2*1-3-9-6(8)4-5(2)7;4-2-1-3-5;/h2*4H,3H2,1-2H3;1-3H2;/q2*-1;-2;+4. The molecule has 0 aliphatic carbocycles. The van der Waals surface area contributed by atoms with Gasteiger partial charge in [-0.15, -0.1) is 13.2 Å². The third kappa shape index (κ3) is 37.2. The zero-order valence-corrected chi connectivity index (χ0v) is 16.0. The Hall–Kier alpha value is -1.35. The molecule has 0 bridgehead atoms. The first kappa shape index (κ1) is 30.5. The maximum atomic E-state index is 10.4. The topological polar surface area (TPSA) is 133 Å². The summed E-state index contributed by atoms with van der Waals surface area (Å²) in [5, 5.41) is 18.7. The van der Waals surface area contributed by atoms with Gasteiger partial charge in [-0.2, -0.15) is 0 Å². The predicted molar refractivity (Wildman–Crippen MR) is 77.6 cm³/mol. The zero-order valence-electron chi connectivity index (χ0n) is 14.5. The van der Waals surface area contributed by atoms with Crippen molar-refractivity contribution >= 4 is 23.5 Å². The van der Waals surface area contributed by atoms with Crippen LogP contribution < -0.4 is 10.2 Å². The molecule has 24 heavy (non-hydrogen) atoms. The molecule has 0 rings (SSSR count). The molecule has 0 aromatic rings. The molecule has 0 aliphatic rings. The van der Waals surface area contributed by atoms with Crippen molar-refractivity contribution in [2.45, 2.75) is 34.1 Å². The minimum absolute atomic E-state index is 0. The molecule has 0 saturated carbocycles. The van der Waals surface area contributed by atoms with Crippen molar-refractivity contribution in [3.63, 3.8) is 0 Å². The second-order valence-electron chi connectivity index (χ2n) is 3.78. The monoisotopic (exact) mass is 380 g/mol. The summed E-state index contributed by atoms with van der Waals surface area (Å²) in [5.41, 5.74) is 0. The van der Waals surface area contributed by atoms with Gasteiger partial charge in [-0.1, -0.05) is 6.42 Å². The van der Waals surface area contributed by atoms with Crippen LogP contribution in [-0.2, 0) is 50.4 Å². The Morgan fingerprint density at radius 2 is 1.08 bits per heavy atom. The van der Waals surface area contributed by atoms with Crippen LogP contribution in [0.5, 0.6) is 0 Å². The van der Waals surface area contributed by atoms with Crippen LogP contribution in [0.4, 0.5) is 0 Å². The van der Waals surface area contributed by atoms with Gasteiger partial charge in [0.1, 0.15) is 0 Å². The van der Waals surface area contributed by atoms with Crippen LogP contribution in [-0.4, -0.2) is 49.9 Å². The molecular weight excluding hydrogens is 356 g/mol. The zero-order chi connectivity index (χ0) is 18.7. The summed E-state index contributed by atoms with van der Waals surface area (Å²) in [6.07, 6.45) is 2.12. The fourth-order valence-corrected chi connectivity index (χ4v) is 0.759. The van der Waals surface area contributed by atoms with Gasteiger partial charge in [-0.25, -0.2) is 12.8 Å². The summed E-state index contributed by atoms with van der Waals surface area (Å²) in [5.74, 6) is -1.70. The normalized spacial score (nSPS) is 7.92. The van der Waals surface area contributed by atoms with E-state index in [9.17, 15) is 29.4 Å². The molecule has 9 heteroatoms. The quantitative estimate of drug-likeness (QED) is 0.221. The molecule has 0 atom stereocenters. The van der Waals surface area contributed by atoms with Gasteiger partial charge in [-0.05, 0) is 27.7 Å². The van der Waals surface area contributed by atoms with Gasteiger partial charge >= 0.3 is 21.7 Å². The Morgan fingerprint density at radius 3 is 1.21 bits per heavy atom. The molecule has 0 unspecified atom stereocenters. The number of hydrogen-bond donors (Lipinski definition) is 0. The van der Waals surface area contributed by atoms with E-state index >= 15 is 0 Å². The van der Waals surface area contributed by atoms with Crippen molar-refractivity contribution in [3.05, 3.63) is 12.8 Å². The number of hydrogen-bond acceptors (Lipinski definition) is 8. The molecule has 0 aromatic carbocycles. The third-order valence-corrected chi connectivity index (χ3v) is 1.50. The Morgan fingerprint density at radius 1 is 0.792 bits per heavy atom. The Balaban J connectivity index is -0.000000128. The van der Waals surface area contributed by atoms with Gasteiger partial charge < -0.3 is 29.3 Å². The number of carbonyl (C=O) groups is 4. The summed E-state index contributed by atoms with van der Waals surface area (Å²) in [7, 11) is 0. The second-order valence-corrected chi connectivity index (χ2v) is 3.78. The fourth-order valence-electron chi connectivity index (χ4n) is 0.759. The van der Waals surface area contributed by atoms with Gasteiger partial charge in [0.15, 0.2) is 11.9 Å². The number of ketones is 2. The van der Waals surface area contributed by atoms with Crippen LogP contribution in [0.15, 0.2) is 0 Å². The Kier molecular flexibility index (Phi) is 30.4. The number of ether oxygens (including phenoxy) is 2. The number of carbonyl (C=O) groups excluding carboxylic acids is 4. The van der Waals surface area contributed by atoms with E-state index in [1.54, 1.807) is 13.8 Å². The molecule has 8 nitrogen and oxygen atoms in total. The van der Waals surface area contributed by atoms with E-state index in [4.69, 9.17) is 0 Å². The van der Waals surface area contributed by atoms with Gasteiger partial charge in [0.05, 0.1) is 13.2 Å². The smallest absolute Gasteiger partial charge is 0.854 e. The van der Waals surface area contributed by atoms with Gasteiger partial charge in [0.25, 0.3) is 0 Å². The fraction of sp³-hybridized carbons (Fsp3) is 0.600. The molecule has 0 amide bonds. The SMILES string of the molecule is CCOC(=O)[CH-]C(C)=O.CCOC(=O)[CH-]C(C)=O.[O-]CCC[O-].[Ti+4]. The summed E-state index contributed by atoms with van der Waals surface area (Å²) < 4.78 is 8.87. The van der Waals surface area contributed by atoms with Gasteiger partial charge in [-0.3, -0.25) is 9.59 Å². The van der Waals surface area contributed by atoms with Gasteiger partial charge in [0.2, 0.25) is 0 Å². The second kappa shape index (κ2) is 23.9. The molecule has 0 fully saturated rings. The average molecular weight is 380 g/mol. The first-order chi connectivity index (χ1) is 10.7. The van der Waals surface area contributed by atoms with Crippen molar-refractivity contribution in [3.8, 4) is 0 Å². The molecule has 0 saturated heterocycles. The van der Waals surface area contributed by atoms with E-state index in [0.29, 0.717) is 13.2 Å². The maximum Gasteiger partial charge on any atom is 4.00 e. The summed E-state index contributed by atoms with van der Waals surface area (Å²) >= 11 is 0. The maximum absolute atomic E-state index is 10.4. The minimum Gasteiger partial charge on any atom is -0.854 e. The third-order valence-electron chi connectivity index (χ3n) is 1.50. The van der Waals surface area contributed by atoms with Crippen LogP contribution in [0.25, 0.3) is 0 Å². The van der Waals surface area contributed by atoms with Crippen molar-refractivity contribution < 1.29 is 60.6 Å². The van der Waals surface area contributed by atoms with Crippen molar-refractivity contribution in [1.82, 2.24) is 0 Å². The van der Waals surface area contributed by atoms with Crippen LogP contribution >= 0.6 is 0 Å². The number of esters is 2. The van der Waals surface area contributed by atoms with E-state index < -0.39 is 11.9 Å². The molecular formula is C15H24O8Ti. The van der Waals surface area contributed by atoms with Gasteiger partial charge in [0, 0.05) is 11.6 Å². The largest absolute Gasteiger partial charge is 4.00 e. The molecule has 0 spiro atoms. The Labute approximate surface area is 157 Å². The minimum atomic E-state index is -0.565. The van der Waals surface area contributed by atoms with Crippen molar-refractivity contribution in [2.75, 3.05) is 26.4 Å². The molecule has 136 valence electrons. The Bertz CT molecular complexity index is 312. The number of rotatable bonds is 8. The van der Waals surface area contributed by atoms with Crippen LogP contribution in [0.2, 0.25) is 0 Å². The first-order valence-corrected chi connectivity index (χ1v) is 6.95. The molecule has 0 N–H and O–H groups in total. The molecule has 0 aromatic heterocycles. The van der Waals surface area contributed by atoms with E-state index in [1.165, 1.54) is 13.8 Å². The van der Waals surface area contributed by atoms with E-state index in [1.807, 2.05) is 0 Å². The van der Waals surface area contributed by atoms with Crippen molar-refractivity contribution in [1.29, 1.82) is 0 Å². The summed E-state index contributed by atoms with van der Waals surface area (Å²) in [6.45, 7) is 6.16. The predicted octanol–water partition coefficient (Wildman–Crippen LogP) is -1.22. The average Bonchev–Trinajstić information content (AvgIpc) is 2.39. The van der Waals surface area contributed by atoms with Crippen LogP contribution in [0, 0.1) is 12.8 Å². The van der Waals surface area contributed by atoms with E-state index in [2.05, 4.69) is 9.47 Å². The van der Waals surface area contributed by atoms with Crippen LogP contribution in [0.1, 0.15) is 34.1 Å². The summed E-state index contributed by atoms with van der Waals surface area (Å²) in [6, 6.07) is 0. The molecule has 0 heterocycles. The van der Waals surface area contributed by atoms with E-state index in [0.717, 1.165) is 12.8 Å². The molecule has 0 aliphatic heterocycles.